The molecule has 6 heteroatoms. The van der Waals surface area contributed by atoms with Crippen LogP contribution in [0.4, 0.5) is 0 Å². The minimum Gasteiger partial charge on any atom is -0.292 e. The maximum absolute atomic E-state index is 12.2. The van der Waals surface area contributed by atoms with Crippen LogP contribution in [-0.2, 0) is 13.0 Å². The van der Waals surface area contributed by atoms with E-state index in [-0.39, 0.29) is 12.2 Å². The summed E-state index contributed by atoms with van der Waals surface area (Å²) < 4.78 is 1.80. The van der Waals surface area contributed by atoms with Crippen LogP contribution in [0.15, 0.2) is 48.9 Å². The van der Waals surface area contributed by atoms with Crippen molar-refractivity contribution in [1.82, 2.24) is 24.8 Å². The van der Waals surface area contributed by atoms with Crippen molar-refractivity contribution in [2.75, 3.05) is 0 Å². The summed E-state index contributed by atoms with van der Waals surface area (Å²) in [6.07, 6.45) is 5.37. The first-order valence-corrected chi connectivity index (χ1v) is 6.78. The average molecular weight is 281 g/mol. The molecule has 2 heterocycles. The molecule has 0 N–H and O–H groups in total. The van der Waals surface area contributed by atoms with Crippen molar-refractivity contribution in [3.63, 3.8) is 0 Å². The summed E-state index contributed by atoms with van der Waals surface area (Å²) >= 11 is 0. The van der Waals surface area contributed by atoms with E-state index in [1.165, 1.54) is 11.0 Å². The molecule has 3 aromatic rings. The molecule has 0 radical (unpaired) electrons. The van der Waals surface area contributed by atoms with Gasteiger partial charge in [0.1, 0.15) is 5.69 Å². The van der Waals surface area contributed by atoms with E-state index in [1.807, 2.05) is 43.5 Å². The third-order valence-electron chi connectivity index (χ3n) is 3.14. The Labute approximate surface area is 122 Å². The molecular formula is C15H15N5O. The number of carbonyl (C=O) groups excluding carboxylic acids is 1. The number of hydrogen-bond acceptors (Lipinski definition) is 4. The summed E-state index contributed by atoms with van der Waals surface area (Å²) in [7, 11) is 0. The second-order valence-electron chi connectivity index (χ2n) is 4.66. The normalized spacial score (nSPS) is 10.7. The monoisotopic (exact) mass is 281 g/mol. The molecule has 2 aromatic heterocycles. The van der Waals surface area contributed by atoms with E-state index in [9.17, 15) is 4.79 Å². The van der Waals surface area contributed by atoms with Gasteiger partial charge in [0, 0.05) is 19.2 Å². The Hall–Kier alpha value is -2.76. The molecule has 0 atom stereocenters. The number of aryl methyl sites for hydroxylation is 1. The molecule has 0 aliphatic carbocycles. The average Bonchev–Trinajstić information content (AvgIpc) is 3.17. The largest absolute Gasteiger partial charge is 0.292 e. The van der Waals surface area contributed by atoms with Gasteiger partial charge in [-0.1, -0.05) is 18.2 Å². The van der Waals surface area contributed by atoms with Gasteiger partial charge in [0.05, 0.1) is 18.1 Å². The Balaban J connectivity index is 1.75. The van der Waals surface area contributed by atoms with Gasteiger partial charge >= 0.3 is 0 Å². The van der Waals surface area contributed by atoms with Crippen molar-refractivity contribution in [3.05, 3.63) is 60.2 Å². The number of para-hydroxylation sites is 1. The van der Waals surface area contributed by atoms with Gasteiger partial charge in [0.15, 0.2) is 5.78 Å². The Kier molecular flexibility index (Phi) is 3.59. The van der Waals surface area contributed by atoms with Crippen LogP contribution in [0, 0.1) is 0 Å². The summed E-state index contributed by atoms with van der Waals surface area (Å²) in [5, 5.41) is 12.5. The summed E-state index contributed by atoms with van der Waals surface area (Å²) in [6.45, 7) is 2.79. The second-order valence-corrected chi connectivity index (χ2v) is 4.66. The number of ketones is 1. The highest BCUT2D eigenvalue weighted by molar-refractivity contribution is 5.95. The summed E-state index contributed by atoms with van der Waals surface area (Å²) in [5.74, 6) is -0.0622. The highest BCUT2D eigenvalue weighted by atomic mass is 16.1. The highest BCUT2D eigenvalue weighted by Gasteiger charge is 2.13. The van der Waals surface area contributed by atoms with Gasteiger partial charge in [-0.3, -0.25) is 9.48 Å². The number of rotatable bonds is 5. The van der Waals surface area contributed by atoms with E-state index >= 15 is 0 Å². The van der Waals surface area contributed by atoms with Crippen LogP contribution in [0.2, 0.25) is 0 Å². The Morgan fingerprint density at radius 1 is 1.14 bits per heavy atom. The fourth-order valence-corrected chi connectivity index (χ4v) is 2.02. The third-order valence-corrected chi connectivity index (χ3v) is 3.14. The lowest BCUT2D eigenvalue weighted by Gasteiger charge is -1.97. The Morgan fingerprint density at radius 2 is 1.95 bits per heavy atom. The third kappa shape index (κ3) is 2.89. The molecule has 0 aliphatic rings. The maximum Gasteiger partial charge on any atom is 0.189 e. The van der Waals surface area contributed by atoms with Gasteiger partial charge in [-0.2, -0.15) is 15.0 Å². The summed E-state index contributed by atoms with van der Waals surface area (Å²) in [4.78, 5) is 13.7. The first-order valence-electron chi connectivity index (χ1n) is 6.78. The van der Waals surface area contributed by atoms with Crippen molar-refractivity contribution >= 4 is 5.78 Å². The predicted octanol–water partition coefficient (Wildman–Crippen LogP) is 1.91. The molecule has 3 rings (SSSR count). The van der Waals surface area contributed by atoms with E-state index in [0.29, 0.717) is 5.69 Å². The quantitative estimate of drug-likeness (QED) is 0.670. The van der Waals surface area contributed by atoms with E-state index in [1.54, 1.807) is 10.9 Å². The van der Waals surface area contributed by atoms with E-state index < -0.39 is 0 Å². The molecular weight excluding hydrogens is 266 g/mol. The van der Waals surface area contributed by atoms with E-state index in [4.69, 9.17) is 0 Å². The number of carbonyl (C=O) groups is 1. The molecule has 1 aromatic carbocycles. The molecule has 0 spiro atoms. The molecule has 0 fully saturated rings. The lowest BCUT2D eigenvalue weighted by atomic mass is 10.1. The lowest BCUT2D eigenvalue weighted by Crippen LogP contribution is -2.05. The zero-order chi connectivity index (χ0) is 14.7. The number of Topliss-reactive ketones (excluding diaryl/α,β-unsaturated/α-hetero) is 1. The first-order chi connectivity index (χ1) is 10.3. The topological polar surface area (TPSA) is 65.6 Å². The standard InChI is InChI=1S/C15H15N5O/c1-2-19-11-12(9-16-19)8-15(21)14-10-17-20(18-14)13-6-4-3-5-7-13/h3-7,9-11H,2,8H2,1H3. The van der Waals surface area contributed by atoms with Crippen LogP contribution in [0.5, 0.6) is 0 Å². The predicted molar refractivity (Wildman–Crippen MR) is 77.3 cm³/mol. The molecule has 0 bridgehead atoms. The number of benzene rings is 1. The SMILES string of the molecule is CCn1cc(CC(=O)c2cnn(-c3ccccc3)n2)cn1. The van der Waals surface area contributed by atoms with Crippen LogP contribution >= 0.6 is 0 Å². The van der Waals surface area contributed by atoms with Gasteiger partial charge in [0.2, 0.25) is 0 Å². The molecule has 6 nitrogen and oxygen atoms in total. The zero-order valence-corrected chi connectivity index (χ0v) is 11.7. The minimum absolute atomic E-state index is 0.0622. The van der Waals surface area contributed by atoms with Gasteiger partial charge in [0.25, 0.3) is 0 Å². The number of hydrogen-bond donors (Lipinski definition) is 0. The Morgan fingerprint density at radius 3 is 2.67 bits per heavy atom. The Bertz CT molecular complexity index is 744. The molecule has 0 saturated heterocycles. The fourth-order valence-electron chi connectivity index (χ4n) is 2.02. The van der Waals surface area contributed by atoms with Crippen LogP contribution < -0.4 is 0 Å². The fraction of sp³-hybridized carbons (Fsp3) is 0.200. The zero-order valence-electron chi connectivity index (χ0n) is 11.7. The summed E-state index contributed by atoms with van der Waals surface area (Å²) in [6, 6.07) is 9.50. The molecule has 21 heavy (non-hydrogen) atoms. The molecule has 106 valence electrons. The van der Waals surface area contributed by atoms with Crippen molar-refractivity contribution in [1.29, 1.82) is 0 Å². The van der Waals surface area contributed by atoms with Gasteiger partial charge < -0.3 is 0 Å². The second kappa shape index (κ2) is 5.70. The number of aromatic nitrogens is 5. The minimum atomic E-state index is -0.0622. The van der Waals surface area contributed by atoms with Gasteiger partial charge in [-0.15, -0.1) is 5.10 Å². The van der Waals surface area contributed by atoms with E-state index in [0.717, 1.165) is 17.8 Å². The summed E-state index contributed by atoms with van der Waals surface area (Å²) in [5.41, 5.74) is 2.08. The van der Waals surface area contributed by atoms with E-state index in [2.05, 4.69) is 15.3 Å². The van der Waals surface area contributed by atoms with Crippen molar-refractivity contribution in [2.45, 2.75) is 19.9 Å². The van der Waals surface area contributed by atoms with Crippen molar-refractivity contribution < 1.29 is 4.79 Å². The van der Waals surface area contributed by atoms with Crippen LogP contribution in [-0.4, -0.2) is 30.6 Å². The molecule has 0 saturated carbocycles. The lowest BCUT2D eigenvalue weighted by molar-refractivity contribution is 0.0988. The number of nitrogens with zero attached hydrogens (tertiary/aromatic N) is 5. The van der Waals surface area contributed by atoms with Gasteiger partial charge in [-0.05, 0) is 24.6 Å². The smallest absolute Gasteiger partial charge is 0.189 e. The van der Waals surface area contributed by atoms with Crippen LogP contribution in [0.1, 0.15) is 23.0 Å². The molecule has 0 unspecified atom stereocenters. The molecule has 0 aliphatic heterocycles. The van der Waals surface area contributed by atoms with Crippen LogP contribution in [0.3, 0.4) is 0 Å². The van der Waals surface area contributed by atoms with Crippen molar-refractivity contribution in [3.8, 4) is 5.69 Å². The maximum atomic E-state index is 12.2. The highest BCUT2D eigenvalue weighted by Crippen LogP contribution is 2.07. The first kappa shape index (κ1) is 13.2. The molecule has 0 amide bonds. The van der Waals surface area contributed by atoms with Crippen LogP contribution in [0.25, 0.3) is 5.69 Å². The van der Waals surface area contributed by atoms with Gasteiger partial charge in [-0.25, -0.2) is 0 Å². The van der Waals surface area contributed by atoms with Crippen molar-refractivity contribution in [2.24, 2.45) is 0 Å².